The predicted octanol–water partition coefficient (Wildman–Crippen LogP) is 2.64. The number of nitrogens with two attached hydrogens (primary N) is 1. The highest BCUT2D eigenvalue weighted by atomic mass is 35.5. The van der Waals surface area contributed by atoms with Crippen LogP contribution in [-0.2, 0) is 9.84 Å². The summed E-state index contributed by atoms with van der Waals surface area (Å²) in [6, 6.07) is 12.1. The van der Waals surface area contributed by atoms with Crippen molar-refractivity contribution in [2.45, 2.75) is 10.1 Å². The minimum Gasteiger partial charge on any atom is -0.329 e. The molecule has 1 unspecified atom stereocenters. The summed E-state index contributed by atoms with van der Waals surface area (Å²) in [5.41, 5.74) is 5.61. The zero-order valence-electron chi connectivity index (χ0n) is 9.52. The highest BCUT2D eigenvalue weighted by Gasteiger charge is 2.28. The normalized spacial score (nSPS) is 12.7. The summed E-state index contributed by atoms with van der Waals surface area (Å²) in [6.45, 7) is 0.0950. The lowest BCUT2D eigenvalue weighted by Crippen LogP contribution is -2.21. The van der Waals surface area contributed by atoms with Crippen LogP contribution in [0, 0.1) is 0 Å². The first-order valence-corrected chi connectivity index (χ1v) is 7.61. The van der Waals surface area contributed by atoms with Crippen molar-refractivity contribution in [2.24, 2.45) is 5.73 Å². The van der Waals surface area contributed by atoms with Crippen molar-refractivity contribution in [1.29, 1.82) is 0 Å². The van der Waals surface area contributed by atoms with Crippen molar-refractivity contribution < 1.29 is 8.42 Å². The molecule has 1 heterocycles. The van der Waals surface area contributed by atoms with E-state index in [-0.39, 0.29) is 19.0 Å². The van der Waals surface area contributed by atoms with Gasteiger partial charge in [-0.25, -0.2) is 8.42 Å². The molecule has 0 aliphatic carbocycles. The minimum absolute atomic E-state index is 0. The molecule has 2 N–H and O–H groups in total. The van der Waals surface area contributed by atoms with E-state index in [1.807, 2.05) is 17.5 Å². The van der Waals surface area contributed by atoms with Crippen molar-refractivity contribution in [3.63, 3.8) is 0 Å². The second kappa shape index (κ2) is 6.33. The Labute approximate surface area is 117 Å². The van der Waals surface area contributed by atoms with Crippen LogP contribution in [0.4, 0.5) is 0 Å². The summed E-state index contributed by atoms with van der Waals surface area (Å²) in [6.07, 6.45) is 0. The summed E-state index contributed by atoms with van der Waals surface area (Å²) in [5, 5.41) is 1.21. The Hall–Kier alpha value is -0.880. The molecule has 0 saturated heterocycles. The highest BCUT2D eigenvalue weighted by molar-refractivity contribution is 7.91. The van der Waals surface area contributed by atoms with Crippen molar-refractivity contribution in [2.75, 3.05) is 6.54 Å². The van der Waals surface area contributed by atoms with E-state index in [0.717, 1.165) is 4.88 Å². The molecule has 98 valence electrons. The van der Waals surface area contributed by atoms with Crippen molar-refractivity contribution in [3.8, 4) is 0 Å². The third-order valence-corrected chi connectivity index (χ3v) is 5.78. The molecule has 0 saturated carbocycles. The molecule has 0 radical (unpaired) electrons. The molecule has 0 amide bonds. The van der Waals surface area contributed by atoms with Gasteiger partial charge in [-0.2, -0.15) is 0 Å². The highest BCUT2D eigenvalue weighted by Crippen LogP contribution is 2.30. The fourth-order valence-electron chi connectivity index (χ4n) is 1.64. The number of thiophene rings is 1. The average Bonchev–Trinajstić information content (AvgIpc) is 2.84. The summed E-state index contributed by atoms with van der Waals surface area (Å²) < 4.78 is 24.8. The van der Waals surface area contributed by atoms with E-state index in [1.165, 1.54) is 11.3 Å². The molecule has 0 aliphatic heterocycles. The summed E-state index contributed by atoms with van der Waals surface area (Å²) in [4.78, 5) is 1.11. The molecule has 2 aromatic rings. The predicted molar refractivity (Wildman–Crippen MR) is 77.0 cm³/mol. The second-order valence-corrected chi connectivity index (χ2v) is 6.71. The second-order valence-electron chi connectivity index (χ2n) is 3.60. The Morgan fingerprint density at radius 2 is 1.78 bits per heavy atom. The van der Waals surface area contributed by atoms with E-state index in [9.17, 15) is 8.42 Å². The molecule has 2 rings (SSSR count). The third-order valence-electron chi connectivity index (χ3n) is 2.52. The van der Waals surface area contributed by atoms with Crippen LogP contribution in [0.3, 0.4) is 0 Å². The first-order valence-electron chi connectivity index (χ1n) is 5.18. The standard InChI is InChI=1S/C12H13NO2S2.ClH/c13-9-12(11-7-4-8-16-11)17(14,15)10-5-2-1-3-6-10;/h1-8,12H,9,13H2;1H. The fourth-order valence-corrected chi connectivity index (χ4v) is 4.41. The topological polar surface area (TPSA) is 60.2 Å². The van der Waals surface area contributed by atoms with Crippen LogP contribution in [0.5, 0.6) is 0 Å². The molecule has 0 aliphatic rings. The quantitative estimate of drug-likeness (QED) is 0.944. The molecule has 3 nitrogen and oxygen atoms in total. The Morgan fingerprint density at radius 3 is 2.28 bits per heavy atom. The maximum atomic E-state index is 12.4. The van der Waals surface area contributed by atoms with Crippen molar-refractivity contribution in [1.82, 2.24) is 0 Å². The van der Waals surface area contributed by atoms with Gasteiger partial charge in [0, 0.05) is 11.4 Å². The van der Waals surface area contributed by atoms with Crippen LogP contribution < -0.4 is 5.73 Å². The maximum Gasteiger partial charge on any atom is 0.187 e. The van der Waals surface area contributed by atoms with E-state index < -0.39 is 15.1 Å². The molecule has 0 spiro atoms. The van der Waals surface area contributed by atoms with Crippen LogP contribution in [0.2, 0.25) is 0 Å². The van der Waals surface area contributed by atoms with Gasteiger partial charge in [-0.05, 0) is 23.6 Å². The maximum absolute atomic E-state index is 12.4. The molecule has 18 heavy (non-hydrogen) atoms. The molecule has 1 aromatic heterocycles. The van der Waals surface area contributed by atoms with Crippen molar-refractivity contribution >= 4 is 33.6 Å². The Balaban J connectivity index is 0.00000162. The number of halogens is 1. The van der Waals surface area contributed by atoms with Gasteiger partial charge in [0.1, 0.15) is 5.25 Å². The van der Waals surface area contributed by atoms with Gasteiger partial charge in [-0.1, -0.05) is 24.3 Å². The third kappa shape index (κ3) is 2.92. The zero-order valence-corrected chi connectivity index (χ0v) is 12.0. The Kier molecular flexibility index (Phi) is 5.34. The van der Waals surface area contributed by atoms with Crippen LogP contribution in [0.15, 0.2) is 52.7 Å². The molecular weight excluding hydrogens is 290 g/mol. The molecule has 0 bridgehead atoms. The van der Waals surface area contributed by atoms with Gasteiger partial charge >= 0.3 is 0 Å². The van der Waals surface area contributed by atoms with E-state index in [0.29, 0.717) is 4.90 Å². The Morgan fingerprint density at radius 1 is 1.11 bits per heavy atom. The van der Waals surface area contributed by atoms with Gasteiger partial charge in [0.15, 0.2) is 9.84 Å². The van der Waals surface area contributed by atoms with E-state index in [4.69, 9.17) is 5.73 Å². The number of rotatable bonds is 4. The van der Waals surface area contributed by atoms with Crippen LogP contribution in [0.25, 0.3) is 0 Å². The number of hydrogen-bond acceptors (Lipinski definition) is 4. The molecule has 0 fully saturated rings. The first kappa shape index (κ1) is 15.2. The lowest BCUT2D eigenvalue weighted by atomic mass is 10.3. The molecule has 6 heteroatoms. The first-order chi connectivity index (χ1) is 8.16. The smallest absolute Gasteiger partial charge is 0.187 e. The van der Waals surface area contributed by atoms with E-state index in [1.54, 1.807) is 30.3 Å². The average molecular weight is 304 g/mol. The summed E-state index contributed by atoms with van der Waals surface area (Å²) in [7, 11) is -3.39. The van der Waals surface area contributed by atoms with Gasteiger partial charge in [0.25, 0.3) is 0 Å². The minimum atomic E-state index is -3.39. The molecular formula is C12H14ClNO2S2. The number of benzene rings is 1. The van der Waals surface area contributed by atoms with Crippen LogP contribution >= 0.6 is 23.7 Å². The fraction of sp³-hybridized carbons (Fsp3) is 0.167. The number of sulfone groups is 1. The van der Waals surface area contributed by atoms with E-state index >= 15 is 0 Å². The molecule has 1 aromatic carbocycles. The van der Waals surface area contributed by atoms with Crippen LogP contribution in [-0.4, -0.2) is 15.0 Å². The van der Waals surface area contributed by atoms with E-state index in [2.05, 4.69) is 0 Å². The zero-order chi connectivity index (χ0) is 12.3. The number of hydrogen-bond donors (Lipinski definition) is 1. The van der Waals surface area contributed by atoms with Gasteiger partial charge in [-0.3, -0.25) is 0 Å². The van der Waals surface area contributed by atoms with Gasteiger partial charge in [0.2, 0.25) is 0 Å². The lowest BCUT2D eigenvalue weighted by Gasteiger charge is -2.14. The van der Waals surface area contributed by atoms with Gasteiger partial charge in [-0.15, -0.1) is 23.7 Å². The monoisotopic (exact) mass is 303 g/mol. The van der Waals surface area contributed by atoms with Crippen molar-refractivity contribution in [3.05, 3.63) is 52.7 Å². The van der Waals surface area contributed by atoms with Gasteiger partial charge < -0.3 is 5.73 Å². The van der Waals surface area contributed by atoms with Gasteiger partial charge in [0.05, 0.1) is 4.90 Å². The summed E-state index contributed by atoms with van der Waals surface area (Å²) >= 11 is 1.42. The Bertz CT molecular complexity index is 567. The SMILES string of the molecule is Cl.NCC(c1cccs1)S(=O)(=O)c1ccccc1. The summed E-state index contributed by atoms with van der Waals surface area (Å²) in [5.74, 6) is 0. The molecule has 1 atom stereocenters. The van der Waals surface area contributed by atoms with Crippen LogP contribution in [0.1, 0.15) is 10.1 Å². The lowest BCUT2D eigenvalue weighted by molar-refractivity contribution is 0.583. The largest absolute Gasteiger partial charge is 0.329 e.